The summed E-state index contributed by atoms with van der Waals surface area (Å²) in [5.74, 6) is -0.410. The number of nitrogens with zero attached hydrogens (tertiary/aromatic N) is 2. The molecule has 0 spiro atoms. The molecule has 2 rings (SSSR count). The predicted octanol–water partition coefficient (Wildman–Crippen LogP) is 2.89. The van der Waals surface area contributed by atoms with Crippen molar-refractivity contribution in [3.63, 3.8) is 0 Å². The van der Waals surface area contributed by atoms with Crippen molar-refractivity contribution < 1.29 is 14.6 Å². The Kier molecular flexibility index (Phi) is 3.46. The highest BCUT2D eigenvalue weighted by molar-refractivity contribution is 5.88. The van der Waals surface area contributed by atoms with E-state index in [-0.39, 0.29) is 11.6 Å². The van der Waals surface area contributed by atoms with E-state index in [0.717, 1.165) is 17.0 Å². The largest absolute Gasteiger partial charge is 0.478 e. The van der Waals surface area contributed by atoms with Crippen molar-refractivity contribution in [3.8, 4) is 11.8 Å². The lowest BCUT2D eigenvalue weighted by molar-refractivity contribution is 0.0697. The molecule has 5 nitrogen and oxygen atoms in total. The molecule has 5 heteroatoms. The highest BCUT2D eigenvalue weighted by Gasteiger charge is 2.09. The molecule has 0 saturated carbocycles. The van der Waals surface area contributed by atoms with Crippen LogP contribution < -0.4 is 4.74 Å². The van der Waals surface area contributed by atoms with Crippen LogP contribution in [0.25, 0.3) is 0 Å². The van der Waals surface area contributed by atoms with Gasteiger partial charge in [-0.25, -0.2) is 14.8 Å². The first-order valence-corrected chi connectivity index (χ1v) is 5.80. The molecule has 98 valence electrons. The Labute approximate surface area is 110 Å². The fraction of sp³-hybridized carbons (Fsp3) is 0.214. The zero-order valence-electron chi connectivity index (χ0n) is 11.0. The average Bonchev–Trinajstić information content (AvgIpc) is 2.30. The molecule has 0 saturated heterocycles. The summed E-state index contributed by atoms with van der Waals surface area (Å²) in [6, 6.07) is 6.78. The minimum atomic E-state index is -0.961. The number of carboxylic acid groups (broad SMARTS) is 1. The summed E-state index contributed by atoms with van der Waals surface area (Å²) in [6.07, 6.45) is 0. The van der Waals surface area contributed by atoms with E-state index in [0.29, 0.717) is 5.75 Å². The van der Waals surface area contributed by atoms with Crippen molar-refractivity contribution in [2.75, 3.05) is 0 Å². The molecule has 0 aliphatic heterocycles. The number of rotatable bonds is 3. The van der Waals surface area contributed by atoms with Crippen molar-refractivity contribution in [3.05, 3.63) is 46.8 Å². The summed E-state index contributed by atoms with van der Waals surface area (Å²) < 4.78 is 5.59. The van der Waals surface area contributed by atoms with E-state index in [9.17, 15) is 4.79 Å². The minimum Gasteiger partial charge on any atom is -0.478 e. The smallest absolute Gasteiger partial charge is 0.335 e. The summed E-state index contributed by atoms with van der Waals surface area (Å²) >= 11 is 0. The molecule has 0 atom stereocenters. The quantitative estimate of drug-likeness (QED) is 0.916. The van der Waals surface area contributed by atoms with E-state index in [4.69, 9.17) is 9.84 Å². The summed E-state index contributed by atoms with van der Waals surface area (Å²) in [7, 11) is 0. The van der Waals surface area contributed by atoms with Gasteiger partial charge in [0, 0.05) is 11.4 Å². The average molecular weight is 258 g/mol. The third kappa shape index (κ3) is 3.07. The Bertz CT molecular complexity index is 618. The van der Waals surface area contributed by atoms with Crippen LogP contribution in [0.4, 0.5) is 0 Å². The second-order valence-corrected chi connectivity index (χ2v) is 4.32. The van der Waals surface area contributed by atoms with Crippen molar-refractivity contribution in [1.29, 1.82) is 0 Å². The highest BCUT2D eigenvalue weighted by Crippen LogP contribution is 2.23. The Balaban J connectivity index is 2.30. The first kappa shape index (κ1) is 13.0. The number of aromatic carboxylic acids is 1. The Morgan fingerprint density at radius 1 is 1.11 bits per heavy atom. The normalized spacial score (nSPS) is 10.3. The number of ether oxygens (including phenoxy) is 1. The first-order valence-electron chi connectivity index (χ1n) is 5.80. The van der Waals surface area contributed by atoms with Crippen LogP contribution in [-0.4, -0.2) is 21.0 Å². The van der Waals surface area contributed by atoms with Crippen LogP contribution in [0.1, 0.15) is 27.3 Å². The lowest BCUT2D eigenvalue weighted by Gasteiger charge is -2.08. The molecule has 1 N–H and O–H groups in total. The van der Waals surface area contributed by atoms with Gasteiger partial charge >= 0.3 is 12.0 Å². The predicted molar refractivity (Wildman–Crippen MR) is 69.7 cm³/mol. The molecular formula is C14H14N2O3. The zero-order chi connectivity index (χ0) is 14.0. The number of hydrogen-bond acceptors (Lipinski definition) is 4. The van der Waals surface area contributed by atoms with Gasteiger partial charge in [0.05, 0.1) is 5.56 Å². The third-order valence-electron chi connectivity index (χ3n) is 2.58. The molecule has 1 aromatic heterocycles. The van der Waals surface area contributed by atoms with Gasteiger partial charge in [-0.1, -0.05) is 0 Å². The molecule has 0 aliphatic rings. The zero-order valence-corrected chi connectivity index (χ0v) is 11.0. The molecule has 2 aromatic rings. The molecule has 19 heavy (non-hydrogen) atoms. The Morgan fingerprint density at radius 3 is 2.26 bits per heavy atom. The van der Waals surface area contributed by atoms with Crippen molar-refractivity contribution in [2.45, 2.75) is 20.8 Å². The summed E-state index contributed by atoms with van der Waals surface area (Å²) in [4.78, 5) is 19.2. The van der Waals surface area contributed by atoms with Crippen molar-refractivity contribution in [1.82, 2.24) is 9.97 Å². The summed E-state index contributed by atoms with van der Waals surface area (Å²) in [5.41, 5.74) is 2.60. The van der Waals surface area contributed by atoms with Crippen LogP contribution in [-0.2, 0) is 0 Å². The van der Waals surface area contributed by atoms with E-state index in [2.05, 4.69) is 9.97 Å². The van der Waals surface area contributed by atoms with E-state index < -0.39 is 5.97 Å². The Hall–Kier alpha value is -2.43. The molecule has 0 aliphatic carbocycles. The van der Waals surface area contributed by atoms with E-state index in [1.54, 1.807) is 19.1 Å². The third-order valence-corrected chi connectivity index (χ3v) is 2.58. The Morgan fingerprint density at radius 2 is 1.74 bits per heavy atom. The van der Waals surface area contributed by atoms with Crippen molar-refractivity contribution in [2.24, 2.45) is 0 Å². The molecule has 0 amide bonds. The first-order chi connectivity index (χ1) is 8.95. The van der Waals surface area contributed by atoms with Gasteiger partial charge in [-0.3, -0.25) is 0 Å². The highest BCUT2D eigenvalue weighted by atomic mass is 16.5. The maximum Gasteiger partial charge on any atom is 0.335 e. The summed E-state index contributed by atoms with van der Waals surface area (Å²) in [6.45, 7) is 5.51. The number of carbonyl (C=O) groups is 1. The van der Waals surface area contributed by atoms with Crippen LogP contribution in [0.2, 0.25) is 0 Å². The molecule has 1 aromatic carbocycles. The topological polar surface area (TPSA) is 72.3 Å². The van der Waals surface area contributed by atoms with E-state index in [1.165, 1.54) is 6.07 Å². The fourth-order valence-electron chi connectivity index (χ4n) is 1.73. The number of carboxylic acids is 1. The van der Waals surface area contributed by atoms with Gasteiger partial charge in [-0.2, -0.15) is 0 Å². The van der Waals surface area contributed by atoms with Gasteiger partial charge in [-0.05, 0) is 50.6 Å². The second kappa shape index (κ2) is 5.06. The molecule has 0 fully saturated rings. The number of benzene rings is 1. The SMILES string of the molecule is Cc1cc(C)nc(Oc2ccc(C(=O)O)cc2C)n1. The van der Waals surface area contributed by atoms with Crippen molar-refractivity contribution >= 4 is 5.97 Å². The fourth-order valence-corrected chi connectivity index (χ4v) is 1.73. The van der Waals surface area contributed by atoms with Gasteiger partial charge in [-0.15, -0.1) is 0 Å². The van der Waals surface area contributed by atoms with Gasteiger partial charge in [0.15, 0.2) is 0 Å². The van der Waals surface area contributed by atoms with Crippen LogP contribution >= 0.6 is 0 Å². The minimum absolute atomic E-state index is 0.228. The van der Waals surface area contributed by atoms with E-state index in [1.807, 2.05) is 19.9 Å². The van der Waals surface area contributed by atoms with Gasteiger partial charge in [0.25, 0.3) is 0 Å². The number of aryl methyl sites for hydroxylation is 3. The molecule has 0 radical (unpaired) electrons. The lowest BCUT2D eigenvalue weighted by atomic mass is 10.1. The van der Waals surface area contributed by atoms with Gasteiger partial charge in [0.2, 0.25) is 0 Å². The second-order valence-electron chi connectivity index (χ2n) is 4.32. The van der Waals surface area contributed by atoms with Crippen LogP contribution in [0, 0.1) is 20.8 Å². The van der Waals surface area contributed by atoms with Crippen LogP contribution in [0.3, 0.4) is 0 Å². The monoisotopic (exact) mass is 258 g/mol. The van der Waals surface area contributed by atoms with Gasteiger partial charge < -0.3 is 9.84 Å². The number of hydrogen-bond donors (Lipinski definition) is 1. The summed E-state index contributed by atoms with van der Waals surface area (Å²) in [5, 5.41) is 8.90. The maximum absolute atomic E-state index is 10.8. The molecule has 1 heterocycles. The maximum atomic E-state index is 10.8. The lowest BCUT2D eigenvalue weighted by Crippen LogP contribution is -2.00. The van der Waals surface area contributed by atoms with Crippen LogP contribution in [0.5, 0.6) is 11.8 Å². The van der Waals surface area contributed by atoms with E-state index >= 15 is 0 Å². The molecule has 0 unspecified atom stereocenters. The molecular weight excluding hydrogens is 244 g/mol. The molecule has 0 bridgehead atoms. The van der Waals surface area contributed by atoms with Crippen LogP contribution in [0.15, 0.2) is 24.3 Å². The number of aromatic nitrogens is 2. The van der Waals surface area contributed by atoms with Gasteiger partial charge in [0.1, 0.15) is 5.75 Å². The standard InChI is InChI=1S/C14H14N2O3/c1-8-6-11(13(17)18)4-5-12(8)19-14-15-9(2)7-10(3)16-14/h4-7H,1-3H3,(H,17,18).